The minimum Gasteiger partial charge on any atom is -0.387 e. The molecule has 1 amide bonds. The Morgan fingerprint density at radius 2 is 1.88 bits per heavy atom. The van der Waals surface area contributed by atoms with Gasteiger partial charge in [-0.1, -0.05) is 12.1 Å². The van der Waals surface area contributed by atoms with E-state index in [-0.39, 0.29) is 11.9 Å². The molecule has 4 rings (SSSR count). The van der Waals surface area contributed by atoms with Crippen molar-refractivity contribution in [1.82, 2.24) is 25.9 Å². The Hall–Kier alpha value is -2.32. The topological polar surface area (TPSA) is 124 Å². The molecule has 2 aliphatic carbocycles. The summed E-state index contributed by atoms with van der Waals surface area (Å²) < 4.78 is 0. The molecule has 1 heterocycles. The number of aromatic amines is 1. The largest absolute Gasteiger partial charge is 0.387 e. The molecule has 0 aliphatic heterocycles. The van der Waals surface area contributed by atoms with Crippen molar-refractivity contribution in [3.8, 4) is 11.4 Å². The molecule has 126 valence electrons. The number of hydrogen-bond acceptors (Lipinski definition) is 6. The van der Waals surface area contributed by atoms with Crippen molar-refractivity contribution in [2.45, 2.75) is 49.3 Å². The predicted octanol–water partition coefficient (Wildman–Crippen LogP) is 0.405. The summed E-state index contributed by atoms with van der Waals surface area (Å²) in [4.78, 5) is 12.3. The molecule has 1 aromatic heterocycles. The van der Waals surface area contributed by atoms with E-state index in [1.807, 2.05) is 0 Å². The molecule has 2 saturated carbocycles. The van der Waals surface area contributed by atoms with Gasteiger partial charge in [0.25, 0.3) is 5.91 Å². The van der Waals surface area contributed by atoms with Gasteiger partial charge in [0.2, 0.25) is 5.82 Å². The van der Waals surface area contributed by atoms with Gasteiger partial charge in [-0.15, -0.1) is 10.2 Å². The van der Waals surface area contributed by atoms with Crippen LogP contribution in [0, 0.1) is 0 Å². The quantitative estimate of drug-likeness (QED) is 0.644. The number of carbonyl (C=O) groups excluding carboxylic acids is 1. The average molecular weight is 329 g/mol. The summed E-state index contributed by atoms with van der Waals surface area (Å²) in [6, 6.07) is 6.81. The third-order valence-corrected chi connectivity index (χ3v) is 5.30. The fourth-order valence-corrected chi connectivity index (χ4v) is 3.54. The molecule has 0 atom stereocenters. The van der Waals surface area contributed by atoms with Crippen molar-refractivity contribution < 1.29 is 15.0 Å². The monoisotopic (exact) mass is 329 g/mol. The van der Waals surface area contributed by atoms with E-state index >= 15 is 0 Å². The van der Waals surface area contributed by atoms with Gasteiger partial charge in [0.05, 0.1) is 11.2 Å². The highest BCUT2D eigenvalue weighted by Gasteiger charge is 2.59. The minimum atomic E-state index is -1.05. The Labute approximate surface area is 138 Å². The zero-order valence-electron chi connectivity index (χ0n) is 13.1. The molecule has 24 heavy (non-hydrogen) atoms. The lowest BCUT2D eigenvalue weighted by atomic mass is 9.58. The van der Waals surface area contributed by atoms with Crippen LogP contribution in [-0.4, -0.2) is 54.0 Å². The SMILES string of the molecule is O=C(NC1CC(O)(C2(O)CCC2)C1)c1ccc(-c2nn[nH]n2)cc1. The molecule has 0 saturated heterocycles. The molecule has 2 fully saturated rings. The number of aliphatic hydroxyl groups is 2. The fraction of sp³-hybridized carbons (Fsp3) is 0.500. The van der Waals surface area contributed by atoms with Gasteiger partial charge in [-0.3, -0.25) is 4.79 Å². The van der Waals surface area contributed by atoms with Crippen molar-refractivity contribution in [1.29, 1.82) is 0 Å². The molecule has 0 radical (unpaired) electrons. The zero-order chi connectivity index (χ0) is 16.8. The smallest absolute Gasteiger partial charge is 0.251 e. The van der Waals surface area contributed by atoms with Crippen LogP contribution in [-0.2, 0) is 0 Å². The molecule has 0 unspecified atom stereocenters. The fourth-order valence-electron chi connectivity index (χ4n) is 3.54. The number of H-pyrrole nitrogens is 1. The molecule has 4 N–H and O–H groups in total. The van der Waals surface area contributed by atoms with Crippen LogP contribution >= 0.6 is 0 Å². The maximum atomic E-state index is 12.3. The summed E-state index contributed by atoms with van der Waals surface area (Å²) in [7, 11) is 0. The number of rotatable bonds is 4. The van der Waals surface area contributed by atoms with Crippen molar-refractivity contribution in [3.63, 3.8) is 0 Å². The van der Waals surface area contributed by atoms with Crippen molar-refractivity contribution in [3.05, 3.63) is 29.8 Å². The van der Waals surface area contributed by atoms with Crippen LogP contribution in [0.3, 0.4) is 0 Å². The molecule has 2 aliphatic rings. The first-order valence-electron chi connectivity index (χ1n) is 8.09. The van der Waals surface area contributed by atoms with E-state index in [0.717, 1.165) is 12.0 Å². The highest BCUT2D eigenvalue weighted by Crippen LogP contribution is 2.50. The molecule has 2 aromatic rings. The summed E-state index contributed by atoms with van der Waals surface area (Å²) in [6.45, 7) is 0. The third kappa shape index (κ3) is 2.38. The molecular formula is C16H19N5O3. The molecule has 8 nitrogen and oxygen atoms in total. The van der Waals surface area contributed by atoms with Gasteiger partial charge >= 0.3 is 0 Å². The summed E-state index contributed by atoms with van der Waals surface area (Å²) in [5, 5.41) is 37.3. The van der Waals surface area contributed by atoms with Gasteiger partial charge < -0.3 is 15.5 Å². The van der Waals surface area contributed by atoms with Gasteiger partial charge in [-0.2, -0.15) is 5.21 Å². The van der Waals surface area contributed by atoms with Crippen molar-refractivity contribution in [2.75, 3.05) is 0 Å². The van der Waals surface area contributed by atoms with Gasteiger partial charge in [-0.25, -0.2) is 0 Å². The summed E-state index contributed by atoms with van der Waals surface area (Å²) >= 11 is 0. The van der Waals surface area contributed by atoms with E-state index < -0.39 is 11.2 Å². The maximum absolute atomic E-state index is 12.3. The van der Waals surface area contributed by atoms with E-state index in [4.69, 9.17) is 0 Å². The Kier molecular flexibility index (Phi) is 3.40. The van der Waals surface area contributed by atoms with Gasteiger partial charge in [0, 0.05) is 17.2 Å². The van der Waals surface area contributed by atoms with E-state index in [1.54, 1.807) is 24.3 Å². The minimum absolute atomic E-state index is 0.107. The normalized spacial score (nSPS) is 27.8. The summed E-state index contributed by atoms with van der Waals surface area (Å²) in [5.74, 6) is 0.280. The lowest BCUT2D eigenvalue weighted by molar-refractivity contribution is -0.231. The molecular weight excluding hydrogens is 310 g/mol. The second kappa shape index (κ2) is 5.35. The van der Waals surface area contributed by atoms with Crippen LogP contribution in [0.1, 0.15) is 42.5 Å². The van der Waals surface area contributed by atoms with Crippen LogP contribution in [0.2, 0.25) is 0 Å². The molecule has 0 spiro atoms. The van der Waals surface area contributed by atoms with E-state index in [2.05, 4.69) is 25.9 Å². The summed E-state index contributed by atoms with van der Waals surface area (Å²) in [5.41, 5.74) is -0.711. The number of aromatic nitrogens is 4. The lowest BCUT2D eigenvalue weighted by Gasteiger charge is -2.57. The number of carbonyl (C=O) groups is 1. The zero-order valence-corrected chi connectivity index (χ0v) is 13.1. The van der Waals surface area contributed by atoms with Crippen LogP contribution in [0.25, 0.3) is 11.4 Å². The second-order valence-corrected chi connectivity index (χ2v) is 6.81. The van der Waals surface area contributed by atoms with Crippen LogP contribution in [0.5, 0.6) is 0 Å². The number of amides is 1. The Balaban J connectivity index is 1.36. The lowest BCUT2D eigenvalue weighted by Crippen LogP contribution is -2.68. The molecule has 8 heteroatoms. The first-order valence-corrected chi connectivity index (χ1v) is 8.09. The Morgan fingerprint density at radius 3 is 2.42 bits per heavy atom. The number of nitrogens with one attached hydrogen (secondary N) is 2. The number of nitrogens with zero attached hydrogens (tertiary/aromatic N) is 3. The van der Waals surface area contributed by atoms with E-state index in [9.17, 15) is 15.0 Å². The first-order chi connectivity index (χ1) is 11.5. The highest BCUT2D eigenvalue weighted by atomic mass is 16.4. The Morgan fingerprint density at radius 1 is 1.17 bits per heavy atom. The van der Waals surface area contributed by atoms with Crippen LogP contribution in [0.15, 0.2) is 24.3 Å². The maximum Gasteiger partial charge on any atom is 0.251 e. The number of benzene rings is 1. The van der Waals surface area contributed by atoms with Crippen LogP contribution in [0.4, 0.5) is 0 Å². The average Bonchev–Trinajstić information content (AvgIpc) is 3.05. The third-order valence-electron chi connectivity index (χ3n) is 5.30. The van der Waals surface area contributed by atoms with Crippen molar-refractivity contribution >= 4 is 5.91 Å². The summed E-state index contributed by atoms with van der Waals surface area (Å²) in [6.07, 6.45) is 3.03. The van der Waals surface area contributed by atoms with Gasteiger partial charge in [0.1, 0.15) is 0 Å². The predicted molar refractivity (Wildman–Crippen MR) is 83.9 cm³/mol. The highest BCUT2D eigenvalue weighted by molar-refractivity contribution is 5.94. The standard InChI is InChI=1S/C16H19N5O3/c22-14(11-4-2-10(3-5-11)13-18-20-21-19-13)17-12-8-16(24,9-12)15(23)6-1-7-15/h2-5,12,23-24H,1,6-9H2,(H,17,22)(H,18,19,20,21). The van der Waals surface area contributed by atoms with E-state index in [0.29, 0.717) is 37.1 Å². The van der Waals surface area contributed by atoms with Crippen molar-refractivity contribution in [2.24, 2.45) is 0 Å². The van der Waals surface area contributed by atoms with Gasteiger partial charge in [0.15, 0.2) is 0 Å². The van der Waals surface area contributed by atoms with Gasteiger partial charge in [-0.05, 0) is 49.5 Å². The molecule has 0 bridgehead atoms. The Bertz CT molecular complexity index is 734. The number of hydrogen-bond donors (Lipinski definition) is 4. The number of tetrazole rings is 1. The first kappa shape index (κ1) is 15.2. The van der Waals surface area contributed by atoms with Crippen LogP contribution < -0.4 is 5.32 Å². The van der Waals surface area contributed by atoms with E-state index in [1.165, 1.54) is 0 Å². The second-order valence-electron chi connectivity index (χ2n) is 6.81. The molecule has 1 aromatic carbocycles.